The first-order chi connectivity index (χ1) is 25.7. The molecule has 3 heterocycles. The number of ketones is 1. The number of Topliss-reactive ketones (excluding diaryl/α,β-unsaturated/α-hetero) is 1. The number of cyclic esters (lactones) is 1. The molecule has 2 fully saturated rings. The van der Waals surface area contributed by atoms with Crippen molar-refractivity contribution >= 4 is 17.4 Å². The van der Waals surface area contributed by atoms with Gasteiger partial charge < -0.3 is 39.2 Å². The Morgan fingerprint density at radius 1 is 1.11 bits per heavy atom. The van der Waals surface area contributed by atoms with Crippen LogP contribution in [0.5, 0.6) is 0 Å². The number of rotatable bonds is 10. The minimum atomic E-state index is -1.87. The molecule has 0 amide bonds. The number of likely N-dealkylation sites (N-methyl/N-ethyl adjacent to an activating group) is 1. The van der Waals surface area contributed by atoms with Crippen molar-refractivity contribution in [3.8, 4) is 5.69 Å². The molecule has 0 saturated carbocycles. The van der Waals surface area contributed by atoms with Crippen LogP contribution in [-0.2, 0) is 35.0 Å². The van der Waals surface area contributed by atoms with Gasteiger partial charge in [-0.25, -0.2) is 4.68 Å². The topological polar surface area (TPSA) is 209 Å². The molecule has 13 atom stereocenters. The summed E-state index contributed by atoms with van der Waals surface area (Å²) in [6.45, 7) is 14.4. The van der Waals surface area contributed by atoms with Crippen LogP contribution in [0.4, 0.5) is 5.69 Å². The molecular formula is C39H61N5O11. The van der Waals surface area contributed by atoms with E-state index in [0.717, 1.165) is 0 Å². The highest BCUT2D eigenvalue weighted by atomic mass is 16.7. The van der Waals surface area contributed by atoms with Crippen molar-refractivity contribution in [2.24, 2.45) is 23.7 Å². The third-order valence-electron chi connectivity index (χ3n) is 11.7. The average Bonchev–Trinajstić information content (AvgIpc) is 3.63. The molecule has 3 N–H and O–H groups in total. The predicted octanol–water partition coefficient (Wildman–Crippen LogP) is 3.65. The second-order valence-corrected chi connectivity index (χ2v) is 16.3. The first kappa shape index (κ1) is 44.3. The number of nitro groups is 1. The zero-order valence-electron chi connectivity index (χ0n) is 33.8. The summed E-state index contributed by atoms with van der Waals surface area (Å²) < 4.78 is 26.4. The number of aromatic nitrogens is 3. The molecule has 0 aliphatic carbocycles. The number of non-ortho nitro benzene ring substituents is 1. The van der Waals surface area contributed by atoms with Gasteiger partial charge in [0.25, 0.3) is 5.69 Å². The van der Waals surface area contributed by atoms with Crippen LogP contribution in [-0.4, -0.2) is 127 Å². The van der Waals surface area contributed by atoms with Crippen molar-refractivity contribution in [1.29, 1.82) is 0 Å². The van der Waals surface area contributed by atoms with Crippen LogP contribution in [0.25, 0.3) is 5.69 Å². The van der Waals surface area contributed by atoms with Crippen LogP contribution in [0.1, 0.15) is 86.8 Å². The van der Waals surface area contributed by atoms with E-state index < -0.39 is 70.6 Å². The van der Waals surface area contributed by atoms with E-state index in [1.54, 1.807) is 46.0 Å². The van der Waals surface area contributed by atoms with Gasteiger partial charge in [0.05, 0.1) is 52.3 Å². The molecule has 0 radical (unpaired) electrons. The maximum absolute atomic E-state index is 13.8. The third kappa shape index (κ3) is 10.1. The van der Waals surface area contributed by atoms with E-state index in [4.69, 9.17) is 18.9 Å². The molecule has 0 bridgehead atoms. The fourth-order valence-electron chi connectivity index (χ4n) is 8.32. The lowest BCUT2D eigenvalue weighted by atomic mass is 9.74. The van der Waals surface area contributed by atoms with Gasteiger partial charge in [0.15, 0.2) is 6.29 Å². The van der Waals surface area contributed by atoms with Crippen LogP contribution in [0.15, 0.2) is 30.5 Å². The van der Waals surface area contributed by atoms with E-state index in [1.807, 2.05) is 32.7 Å². The molecule has 308 valence electrons. The Morgan fingerprint density at radius 2 is 1.80 bits per heavy atom. The van der Waals surface area contributed by atoms with Crippen molar-refractivity contribution in [3.05, 3.63) is 46.3 Å². The first-order valence-electron chi connectivity index (χ1n) is 19.3. The number of methoxy groups -OCH3 is 1. The molecule has 0 unspecified atom stereocenters. The van der Waals surface area contributed by atoms with Gasteiger partial charge >= 0.3 is 5.97 Å². The van der Waals surface area contributed by atoms with E-state index in [1.165, 1.54) is 30.8 Å². The first-order valence-corrected chi connectivity index (χ1v) is 19.3. The number of nitro benzene ring substituents is 1. The normalized spacial score (nSPS) is 37.0. The quantitative estimate of drug-likeness (QED) is 0.179. The highest BCUT2D eigenvalue weighted by Crippen LogP contribution is 2.39. The van der Waals surface area contributed by atoms with Gasteiger partial charge in [-0.05, 0) is 65.5 Å². The maximum atomic E-state index is 13.8. The minimum Gasteiger partial charge on any atom is -0.459 e. The molecule has 4 rings (SSSR count). The van der Waals surface area contributed by atoms with E-state index in [2.05, 4.69) is 10.3 Å². The molecular weight excluding hydrogens is 714 g/mol. The summed E-state index contributed by atoms with van der Waals surface area (Å²) in [7, 11) is 3.43. The Bertz CT molecular complexity index is 1620. The highest BCUT2D eigenvalue weighted by molar-refractivity contribution is 5.83. The SMILES string of the molecule is CC[C@H]1OC(=O)[C@H](C)C[C@H](C)[C@@H](O[C@@H]2O[C@H](C)C[C@H](N(C)CCc3cn(-c4cccc([N+](=O)[O-])c4)nn3)[C@H]2O)[C@](C)(OC)C[C@@H](C)C(=O)[C@H](C)[C@@H](O)[C@]1(C)O. The van der Waals surface area contributed by atoms with Gasteiger partial charge in [0, 0.05) is 50.1 Å². The summed E-state index contributed by atoms with van der Waals surface area (Å²) in [6, 6.07) is 5.75. The smallest absolute Gasteiger partial charge is 0.309 e. The molecule has 16 heteroatoms. The van der Waals surface area contributed by atoms with Gasteiger partial charge in [-0.2, -0.15) is 0 Å². The maximum Gasteiger partial charge on any atom is 0.309 e. The molecule has 2 saturated heterocycles. The summed E-state index contributed by atoms with van der Waals surface area (Å²) in [6.07, 6.45) is -2.36. The van der Waals surface area contributed by atoms with Crippen LogP contribution >= 0.6 is 0 Å². The Labute approximate surface area is 323 Å². The number of benzene rings is 1. The summed E-state index contributed by atoms with van der Waals surface area (Å²) in [5.41, 5.74) is -1.85. The Balaban J connectivity index is 1.55. The monoisotopic (exact) mass is 775 g/mol. The largest absolute Gasteiger partial charge is 0.459 e. The lowest BCUT2D eigenvalue weighted by molar-refractivity contribution is -0.384. The van der Waals surface area contributed by atoms with E-state index in [0.29, 0.717) is 37.2 Å². The second kappa shape index (κ2) is 18.3. The number of hydrogen-bond donors (Lipinski definition) is 3. The molecule has 2 aliphatic rings. The summed E-state index contributed by atoms with van der Waals surface area (Å²) in [4.78, 5) is 40.1. The predicted molar refractivity (Wildman–Crippen MR) is 201 cm³/mol. The van der Waals surface area contributed by atoms with Crippen LogP contribution in [0.3, 0.4) is 0 Å². The molecule has 0 spiro atoms. The zero-order valence-corrected chi connectivity index (χ0v) is 33.8. The van der Waals surface area contributed by atoms with E-state index >= 15 is 0 Å². The number of esters is 1. The van der Waals surface area contributed by atoms with Gasteiger partial charge in [0.2, 0.25) is 0 Å². The zero-order chi connectivity index (χ0) is 41.0. The second-order valence-electron chi connectivity index (χ2n) is 16.3. The molecule has 1 aromatic heterocycles. The van der Waals surface area contributed by atoms with Crippen LogP contribution in [0.2, 0.25) is 0 Å². The number of carbonyl (C=O) groups excluding carboxylic acids is 2. The Hall–Kier alpha value is -3.38. The van der Waals surface area contributed by atoms with E-state index in [-0.39, 0.29) is 42.4 Å². The Morgan fingerprint density at radius 3 is 2.44 bits per heavy atom. The fraction of sp³-hybridized carbons (Fsp3) is 0.744. The minimum absolute atomic E-state index is 0.0501. The standard InChI is InChI=1S/C39H61N5O11/c1-11-31-39(8,49)34(47)26(6)32(45)24(4)20-38(7,52-10)35(22(2)17-23(3)36(48)54-31)55-37-33(46)30(18-25(5)53-37)42(9)16-15-27-21-43(41-40-27)28-13-12-14-29(19-28)44(50)51/h12-14,19,21-26,30-31,33-35,37,46-47,49H,11,15-18,20H2,1-10H3/t22-,23+,24+,25+,26-,30-,31+,33+,34+,35+,37-,38+,39+/m0/s1. The number of aliphatic hydroxyl groups is 3. The van der Waals surface area contributed by atoms with Crippen LogP contribution in [0, 0.1) is 33.8 Å². The number of nitrogens with zero attached hydrogens (tertiary/aromatic N) is 5. The van der Waals surface area contributed by atoms with Crippen molar-refractivity contribution in [1.82, 2.24) is 19.9 Å². The molecule has 16 nitrogen and oxygen atoms in total. The van der Waals surface area contributed by atoms with Gasteiger partial charge in [-0.1, -0.05) is 45.9 Å². The molecule has 55 heavy (non-hydrogen) atoms. The third-order valence-corrected chi connectivity index (χ3v) is 11.7. The van der Waals surface area contributed by atoms with Crippen molar-refractivity contribution < 1.29 is 48.8 Å². The number of aliphatic hydroxyl groups excluding tert-OH is 2. The van der Waals surface area contributed by atoms with Gasteiger partial charge in [-0.3, -0.25) is 19.7 Å². The van der Waals surface area contributed by atoms with Gasteiger partial charge in [-0.15, -0.1) is 5.10 Å². The summed E-state index contributed by atoms with van der Waals surface area (Å²) in [5, 5.41) is 54.1. The fourth-order valence-corrected chi connectivity index (χ4v) is 8.32. The van der Waals surface area contributed by atoms with Crippen molar-refractivity contribution in [2.75, 3.05) is 20.7 Å². The summed E-state index contributed by atoms with van der Waals surface area (Å²) in [5.74, 6) is -3.45. The van der Waals surface area contributed by atoms with Crippen LogP contribution < -0.4 is 0 Å². The lowest BCUT2D eigenvalue weighted by Crippen LogP contribution is -2.59. The molecule has 2 aliphatic heterocycles. The van der Waals surface area contributed by atoms with Crippen molar-refractivity contribution in [3.63, 3.8) is 0 Å². The van der Waals surface area contributed by atoms with E-state index in [9.17, 15) is 35.0 Å². The number of carbonyl (C=O) groups is 2. The number of ether oxygens (including phenoxy) is 4. The Kier molecular flexibility index (Phi) is 14.7. The average molecular weight is 776 g/mol. The summed E-state index contributed by atoms with van der Waals surface area (Å²) >= 11 is 0. The number of hydrogen-bond acceptors (Lipinski definition) is 14. The van der Waals surface area contributed by atoms with Crippen molar-refractivity contribution in [2.45, 2.75) is 142 Å². The lowest BCUT2D eigenvalue weighted by Gasteiger charge is -2.47. The highest BCUT2D eigenvalue weighted by Gasteiger charge is 2.50. The van der Waals surface area contributed by atoms with Gasteiger partial charge in [0.1, 0.15) is 23.6 Å². The molecule has 2 aromatic rings. The molecule has 1 aromatic carbocycles.